The topological polar surface area (TPSA) is 61.4 Å². The van der Waals surface area contributed by atoms with Gasteiger partial charge >= 0.3 is 0 Å². The summed E-state index contributed by atoms with van der Waals surface area (Å²) in [6.45, 7) is 3.91. The van der Waals surface area contributed by atoms with Gasteiger partial charge in [-0.2, -0.15) is 0 Å². The smallest absolute Gasteiger partial charge is 0.253 e. The van der Waals surface area contributed by atoms with Gasteiger partial charge in [-0.25, -0.2) is 0 Å². The van der Waals surface area contributed by atoms with Crippen LogP contribution in [-0.4, -0.2) is 42.9 Å². The number of nitrogens with one attached hydrogen (secondary N) is 2. The van der Waals surface area contributed by atoms with Crippen molar-refractivity contribution in [2.45, 2.75) is 32.1 Å². The molecule has 4 rings (SSSR count). The lowest BCUT2D eigenvalue weighted by Gasteiger charge is -2.38. The van der Waals surface area contributed by atoms with Crippen LogP contribution in [0.3, 0.4) is 0 Å². The number of likely N-dealkylation sites (tertiary alicyclic amines) is 1. The summed E-state index contributed by atoms with van der Waals surface area (Å²) in [5.74, 6) is 0.397. The first kappa shape index (κ1) is 15.6. The highest BCUT2D eigenvalue weighted by atomic mass is 16.2. The van der Waals surface area contributed by atoms with Gasteiger partial charge < -0.3 is 15.5 Å². The standard InChI is InChI=1S/C19H25N3O2/c23-17(14-1-2-14)21-16-5-3-15(4-6-16)18(24)22-11-8-19(9-12-22)7-10-20-13-19/h3-6,14,20H,1-2,7-13H2,(H,21,23). The fourth-order valence-electron chi connectivity index (χ4n) is 3.87. The van der Waals surface area contributed by atoms with E-state index in [-0.39, 0.29) is 17.7 Å². The molecule has 0 bridgehead atoms. The normalized spacial score (nSPS) is 22.6. The Hall–Kier alpha value is -1.88. The molecule has 1 saturated carbocycles. The molecule has 1 aromatic carbocycles. The fourth-order valence-corrected chi connectivity index (χ4v) is 3.87. The molecule has 3 aliphatic rings. The molecule has 1 spiro atoms. The van der Waals surface area contributed by atoms with Gasteiger partial charge in [-0.3, -0.25) is 9.59 Å². The van der Waals surface area contributed by atoms with Crippen LogP contribution in [-0.2, 0) is 4.79 Å². The maximum atomic E-state index is 12.7. The molecule has 2 N–H and O–H groups in total. The molecular weight excluding hydrogens is 302 g/mol. The van der Waals surface area contributed by atoms with Gasteiger partial charge in [-0.05, 0) is 68.3 Å². The van der Waals surface area contributed by atoms with Gasteiger partial charge in [0, 0.05) is 36.8 Å². The average molecular weight is 327 g/mol. The minimum Gasteiger partial charge on any atom is -0.339 e. The van der Waals surface area contributed by atoms with Gasteiger partial charge in [0.05, 0.1) is 0 Å². The van der Waals surface area contributed by atoms with E-state index in [0.717, 1.165) is 57.5 Å². The van der Waals surface area contributed by atoms with E-state index in [9.17, 15) is 9.59 Å². The molecule has 2 saturated heterocycles. The molecule has 2 aliphatic heterocycles. The first-order valence-corrected chi connectivity index (χ1v) is 9.06. The minimum absolute atomic E-state index is 0.0978. The predicted octanol–water partition coefficient (Wildman–Crippen LogP) is 2.25. The number of anilines is 1. The van der Waals surface area contributed by atoms with Crippen LogP contribution in [0.5, 0.6) is 0 Å². The number of amides is 2. The second-order valence-electron chi connectivity index (χ2n) is 7.56. The summed E-state index contributed by atoms with van der Waals surface area (Å²) in [7, 11) is 0. The molecule has 0 radical (unpaired) electrons. The molecule has 2 heterocycles. The number of hydrogen-bond acceptors (Lipinski definition) is 3. The Balaban J connectivity index is 1.35. The highest BCUT2D eigenvalue weighted by Gasteiger charge is 2.38. The van der Waals surface area contributed by atoms with Gasteiger partial charge in [0.15, 0.2) is 0 Å². The second kappa shape index (κ2) is 6.20. The Labute approximate surface area is 142 Å². The summed E-state index contributed by atoms with van der Waals surface area (Å²) in [4.78, 5) is 26.4. The predicted molar refractivity (Wildman–Crippen MR) is 92.9 cm³/mol. The molecule has 2 amide bonds. The Morgan fingerprint density at radius 3 is 2.38 bits per heavy atom. The third-order valence-corrected chi connectivity index (χ3v) is 5.79. The zero-order valence-electron chi connectivity index (χ0n) is 14.0. The summed E-state index contributed by atoms with van der Waals surface area (Å²) >= 11 is 0. The summed E-state index contributed by atoms with van der Waals surface area (Å²) in [6, 6.07) is 7.32. The summed E-state index contributed by atoms with van der Waals surface area (Å²) < 4.78 is 0. The van der Waals surface area contributed by atoms with Crippen molar-refractivity contribution in [3.05, 3.63) is 29.8 Å². The number of nitrogens with zero attached hydrogens (tertiary/aromatic N) is 1. The minimum atomic E-state index is 0.0978. The van der Waals surface area contributed by atoms with E-state index < -0.39 is 0 Å². The SMILES string of the molecule is O=C(Nc1ccc(C(=O)N2CCC3(CCNC3)CC2)cc1)C1CC1. The molecule has 1 aromatic rings. The van der Waals surface area contributed by atoms with E-state index >= 15 is 0 Å². The Kier molecular flexibility index (Phi) is 4.04. The zero-order chi connectivity index (χ0) is 16.6. The van der Waals surface area contributed by atoms with Gasteiger partial charge in [-0.15, -0.1) is 0 Å². The number of rotatable bonds is 3. The summed E-state index contributed by atoms with van der Waals surface area (Å²) in [5, 5.41) is 6.37. The Morgan fingerprint density at radius 2 is 1.79 bits per heavy atom. The van der Waals surface area contributed by atoms with Crippen LogP contribution in [0.2, 0.25) is 0 Å². The Morgan fingerprint density at radius 1 is 1.08 bits per heavy atom. The quantitative estimate of drug-likeness (QED) is 0.895. The van der Waals surface area contributed by atoms with Gasteiger partial charge in [-0.1, -0.05) is 0 Å². The molecule has 24 heavy (non-hydrogen) atoms. The number of carbonyl (C=O) groups excluding carboxylic acids is 2. The lowest BCUT2D eigenvalue weighted by atomic mass is 9.78. The molecule has 0 unspecified atom stereocenters. The third kappa shape index (κ3) is 3.18. The molecule has 0 aromatic heterocycles. The van der Waals surface area contributed by atoms with E-state index in [4.69, 9.17) is 0 Å². The van der Waals surface area contributed by atoms with Crippen LogP contribution >= 0.6 is 0 Å². The van der Waals surface area contributed by atoms with Crippen LogP contribution in [0.4, 0.5) is 5.69 Å². The third-order valence-electron chi connectivity index (χ3n) is 5.79. The second-order valence-corrected chi connectivity index (χ2v) is 7.56. The summed E-state index contributed by atoms with van der Waals surface area (Å²) in [5.41, 5.74) is 1.91. The highest BCUT2D eigenvalue weighted by Crippen LogP contribution is 2.37. The number of benzene rings is 1. The van der Waals surface area contributed by atoms with E-state index in [1.165, 1.54) is 6.42 Å². The molecule has 5 nitrogen and oxygen atoms in total. The number of piperidine rings is 1. The van der Waals surface area contributed by atoms with Crippen molar-refractivity contribution in [2.75, 3.05) is 31.5 Å². The van der Waals surface area contributed by atoms with Crippen molar-refractivity contribution < 1.29 is 9.59 Å². The highest BCUT2D eigenvalue weighted by molar-refractivity contribution is 5.96. The van der Waals surface area contributed by atoms with E-state index in [0.29, 0.717) is 11.0 Å². The number of carbonyl (C=O) groups is 2. The largest absolute Gasteiger partial charge is 0.339 e. The first-order valence-electron chi connectivity index (χ1n) is 9.06. The molecular formula is C19H25N3O2. The van der Waals surface area contributed by atoms with Crippen molar-refractivity contribution in [2.24, 2.45) is 11.3 Å². The van der Waals surface area contributed by atoms with Crippen LogP contribution < -0.4 is 10.6 Å². The fraction of sp³-hybridized carbons (Fsp3) is 0.579. The Bertz CT molecular complexity index is 621. The molecule has 5 heteroatoms. The average Bonchev–Trinajstić information content (AvgIpc) is 3.37. The van der Waals surface area contributed by atoms with Crippen molar-refractivity contribution in [3.8, 4) is 0 Å². The first-order chi connectivity index (χ1) is 11.7. The molecule has 1 aliphatic carbocycles. The van der Waals surface area contributed by atoms with Gasteiger partial charge in [0.1, 0.15) is 0 Å². The monoisotopic (exact) mass is 327 g/mol. The van der Waals surface area contributed by atoms with Gasteiger partial charge in [0.25, 0.3) is 5.91 Å². The van der Waals surface area contributed by atoms with Crippen LogP contribution in [0.1, 0.15) is 42.5 Å². The lowest BCUT2D eigenvalue weighted by Crippen LogP contribution is -2.44. The van der Waals surface area contributed by atoms with E-state index in [2.05, 4.69) is 10.6 Å². The summed E-state index contributed by atoms with van der Waals surface area (Å²) in [6.07, 6.45) is 5.43. The number of hydrogen-bond donors (Lipinski definition) is 2. The molecule has 128 valence electrons. The molecule has 3 fully saturated rings. The lowest BCUT2D eigenvalue weighted by molar-refractivity contribution is -0.117. The maximum absolute atomic E-state index is 12.7. The maximum Gasteiger partial charge on any atom is 0.253 e. The van der Waals surface area contributed by atoms with Crippen molar-refractivity contribution in [3.63, 3.8) is 0 Å². The van der Waals surface area contributed by atoms with Crippen LogP contribution in [0.15, 0.2) is 24.3 Å². The van der Waals surface area contributed by atoms with E-state index in [1.807, 2.05) is 29.2 Å². The van der Waals surface area contributed by atoms with Crippen LogP contribution in [0.25, 0.3) is 0 Å². The van der Waals surface area contributed by atoms with Crippen molar-refractivity contribution >= 4 is 17.5 Å². The van der Waals surface area contributed by atoms with Crippen molar-refractivity contribution in [1.82, 2.24) is 10.2 Å². The zero-order valence-corrected chi connectivity index (χ0v) is 14.0. The van der Waals surface area contributed by atoms with E-state index in [1.54, 1.807) is 0 Å². The van der Waals surface area contributed by atoms with Crippen LogP contribution in [0, 0.1) is 11.3 Å². The van der Waals surface area contributed by atoms with Crippen molar-refractivity contribution in [1.29, 1.82) is 0 Å². The van der Waals surface area contributed by atoms with Gasteiger partial charge in [0.2, 0.25) is 5.91 Å². The molecule has 0 atom stereocenters.